The second-order valence-corrected chi connectivity index (χ2v) is 6.28. The lowest BCUT2D eigenvalue weighted by Crippen LogP contribution is -2.50. The van der Waals surface area contributed by atoms with Gasteiger partial charge in [0.1, 0.15) is 6.04 Å². The highest BCUT2D eigenvalue weighted by atomic mass is 16.5. The average Bonchev–Trinajstić information content (AvgIpc) is 2.39. The Morgan fingerprint density at radius 3 is 2.30 bits per heavy atom. The van der Waals surface area contributed by atoms with E-state index in [4.69, 9.17) is 4.74 Å². The first-order chi connectivity index (χ1) is 9.42. The van der Waals surface area contributed by atoms with Crippen LogP contribution in [0.15, 0.2) is 0 Å². The Balaban J connectivity index is 2.43. The quantitative estimate of drug-likeness (QED) is 0.762. The fourth-order valence-corrected chi connectivity index (χ4v) is 2.62. The second-order valence-electron chi connectivity index (χ2n) is 6.28. The van der Waals surface area contributed by atoms with Crippen molar-refractivity contribution in [1.82, 2.24) is 10.6 Å². The van der Waals surface area contributed by atoms with Crippen molar-refractivity contribution in [3.05, 3.63) is 0 Å². The zero-order chi connectivity index (χ0) is 15.1. The molecule has 0 spiro atoms. The smallest absolute Gasteiger partial charge is 0.328 e. The van der Waals surface area contributed by atoms with Crippen molar-refractivity contribution in [3.8, 4) is 0 Å². The minimum Gasteiger partial charge on any atom is -0.467 e. The largest absolute Gasteiger partial charge is 0.467 e. The molecule has 5 nitrogen and oxygen atoms in total. The third kappa shape index (κ3) is 5.80. The number of esters is 1. The Hall–Kier alpha value is -1.26. The summed E-state index contributed by atoms with van der Waals surface area (Å²) in [5, 5.41) is 5.70. The Bertz CT molecular complexity index is 323. The molecule has 0 unspecified atom stereocenters. The van der Waals surface area contributed by atoms with E-state index in [0.29, 0.717) is 12.3 Å². The molecule has 1 aliphatic carbocycles. The van der Waals surface area contributed by atoms with Crippen LogP contribution in [0.5, 0.6) is 0 Å². The van der Waals surface area contributed by atoms with Gasteiger partial charge in [-0.15, -0.1) is 0 Å². The Morgan fingerprint density at radius 1 is 1.20 bits per heavy atom. The average molecular weight is 284 g/mol. The van der Waals surface area contributed by atoms with Gasteiger partial charge in [0.2, 0.25) is 0 Å². The highest BCUT2D eigenvalue weighted by molar-refractivity contribution is 5.83. The maximum absolute atomic E-state index is 12.0. The van der Waals surface area contributed by atoms with Gasteiger partial charge in [0.25, 0.3) is 0 Å². The van der Waals surface area contributed by atoms with Crippen LogP contribution < -0.4 is 10.6 Å². The normalized spacial score (nSPS) is 24.1. The van der Waals surface area contributed by atoms with Gasteiger partial charge in [-0.05, 0) is 43.9 Å². The van der Waals surface area contributed by atoms with Gasteiger partial charge in [-0.25, -0.2) is 9.59 Å². The molecule has 0 aromatic rings. The van der Waals surface area contributed by atoms with Crippen molar-refractivity contribution in [2.45, 2.75) is 65.0 Å². The van der Waals surface area contributed by atoms with Gasteiger partial charge in [0, 0.05) is 6.04 Å². The first kappa shape index (κ1) is 16.8. The Kier molecular flexibility index (Phi) is 6.82. The fraction of sp³-hybridized carbons (Fsp3) is 0.867. The maximum atomic E-state index is 12.0. The van der Waals surface area contributed by atoms with E-state index in [9.17, 15) is 9.59 Å². The first-order valence-corrected chi connectivity index (χ1v) is 7.57. The number of hydrogen-bond acceptors (Lipinski definition) is 3. The molecule has 1 saturated carbocycles. The molecule has 2 N–H and O–H groups in total. The molecule has 0 saturated heterocycles. The highest BCUT2D eigenvalue weighted by Gasteiger charge is 2.25. The van der Waals surface area contributed by atoms with Crippen LogP contribution in [0, 0.1) is 11.8 Å². The number of carbonyl (C=O) groups is 2. The SMILES string of the molecule is COC(=O)[C@H](CC(C)C)NC(=O)NC1CCC(C)CC1. The summed E-state index contributed by atoms with van der Waals surface area (Å²) in [4.78, 5) is 23.6. The molecule has 1 fully saturated rings. The number of amides is 2. The zero-order valence-corrected chi connectivity index (χ0v) is 13.1. The van der Waals surface area contributed by atoms with Crippen molar-refractivity contribution < 1.29 is 14.3 Å². The lowest BCUT2D eigenvalue weighted by Gasteiger charge is -2.28. The minimum atomic E-state index is -0.567. The van der Waals surface area contributed by atoms with Crippen LogP contribution in [0.4, 0.5) is 4.79 Å². The number of carbonyl (C=O) groups excluding carboxylic acids is 2. The van der Waals surface area contributed by atoms with Gasteiger partial charge in [0.05, 0.1) is 7.11 Å². The molecule has 0 aromatic carbocycles. The molecule has 0 heterocycles. The van der Waals surface area contributed by atoms with E-state index in [1.807, 2.05) is 13.8 Å². The zero-order valence-electron chi connectivity index (χ0n) is 13.1. The van der Waals surface area contributed by atoms with Gasteiger partial charge in [-0.2, -0.15) is 0 Å². The minimum absolute atomic E-state index is 0.226. The predicted molar refractivity (Wildman–Crippen MR) is 78.3 cm³/mol. The van der Waals surface area contributed by atoms with Crippen LogP contribution in [-0.2, 0) is 9.53 Å². The van der Waals surface area contributed by atoms with Gasteiger partial charge in [0.15, 0.2) is 0 Å². The summed E-state index contributed by atoms with van der Waals surface area (Å²) in [6.45, 7) is 6.27. The number of nitrogens with one attached hydrogen (secondary N) is 2. The lowest BCUT2D eigenvalue weighted by molar-refractivity contribution is -0.143. The summed E-state index contributed by atoms with van der Waals surface area (Å²) in [7, 11) is 1.35. The molecule has 5 heteroatoms. The monoisotopic (exact) mass is 284 g/mol. The van der Waals surface area contributed by atoms with E-state index in [0.717, 1.165) is 31.6 Å². The molecule has 1 rings (SSSR count). The predicted octanol–water partition coefficient (Wildman–Crippen LogP) is 2.45. The standard InChI is InChI=1S/C15H28N2O3/c1-10(2)9-13(14(18)20-4)17-15(19)16-12-7-5-11(3)6-8-12/h10-13H,5-9H2,1-4H3,(H2,16,17,19)/t11?,12?,13-/m0/s1. The van der Waals surface area contributed by atoms with Gasteiger partial charge < -0.3 is 15.4 Å². The van der Waals surface area contributed by atoms with E-state index >= 15 is 0 Å². The third-order valence-electron chi connectivity index (χ3n) is 3.85. The van der Waals surface area contributed by atoms with Crippen LogP contribution in [0.3, 0.4) is 0 Å². The highest BCUT2D eigenvalue weighted by Crippen LogP contribution is 2.23. The van der Waals surface area contributed by atoms with Gasteiger partial charge in [-0.1, -0.05) is 20.8 Å². The molecule has 0 aromatic heterocycles. The van der Waals surface area contributed by atoms with Crippen molar-refractivity contribution in [2.24, 2.45) is 11.8 Å². The molecule has 1 aliphatic rings. The molecular formula is C15H28N2O3. The van der Waals surface area contributed by atoms with Gasteiger partial charge >= 0.3 is 12.0 Å². The lowest BCUT2D eigenvalue weighted by atomic mass is 9.87. The van der Waals surface area contributed by atoms with Crippen molar-refractivity contribution >= 4 is 12.0 Å². The van der Waals surface area contributed by atoms with Crippen molar-refractivity contribution in [3.63, 3.8) is 0 Å². The van der Waals surface area contributed by atoms with E-state index in [1.165, 1.54) is 7.11 Å². The summed E-state index contributed by atoms with van der Waals surface area (Å²) < 4.78 is 4.74. The molecule has 0 bridgehead atoms. The van der Waals surface area contributed by atoms with Crippen LogP contribution >= 0.6 is 0 Å². The van der Waals surface area contributed by atoms with Crippen LogP contribution in [0.25, 0.3) is 0 Å². The summed E-state index contributed by atoms with van der Waals surface area (Å²) in [5.41, 5.74) is 0. The number of urea groups is 1. The van der Waals surface area contributed by atoms with Gasteiger partial charge in [-0.3, -0.25) is 0 Å². The number of hydrogen-bond donors (Lipinski definition) is 2. The summed E-state index contributed by atoms with van der Waals surface area (Å²) >= 11 is 0. The molecule has 1 atom stereocenters. The number of rotatable bonds is 5. The van der Waals surface area contributed by atoms with E-state index in [2.05, 4.69) is 17.6 Å². The second kappa shape index (κ2) is 8.12. The third-order valence-corrected chi connectivity index (χ3v) is 3.85. The molecular weight excluding hydrogens is 256 g/mol. The fourth-order valence-electron chi connectivity index (χ4n) is 2.62. The topological polar surface area (TPSA) is 67.4 Å². The van der Waals surface area contributed by atoms with E-state index in [-0.39, 0.29) is 18.0 Å². The molecule has 20 heavy (non-hydrogen) atoms. The number of methoxy groups -OCH3 is 1. The number of ether oxygens (including phenoxy) is 1. The van der Waals surface area contributed by atoms with E-state index in [1.54, 1.807) is 0 Å². The summed E-state index contributed by atoms with van der Waals surface area (Å²) in [6.07, 6.45) is 4.92. The summed E-state index contributed by atoms with van der Waals surface area (Å²) in [6, 6.07) is -0.605. The van der Waals surface area contributed by atoms with Crippen molar-refractivity contribution in [1.29, 1.82) is 0 Å². The molecule has 2 amide bonds. The van der Waals surface area contributed by atoms with Crippen LogP contribution in [0.1, 0.15) is 52.9 Å². The van der Waals surface area contributed by atoms with E-state index < -0.39 is 6.04 Å². The van der Waals surface area contributed by atoms with Crippen molar-refractivity contribution in [2.75, 3.05) is 7.11 Å². The molecule has 116 valence electrons. The first-order valence-electron chi connectivity index (χ1n) is 7.57. The Labute approximate surface area is 121 Å². The van der Waals surface area contributed by atoms with Crippen LogP contribution in [0.2, 0.25) is 0 Å². The molecule has 0 aliphatic heterocycles. The maximum Gasteiger partial charge on any atom is 0.328 e. The summed E-state index contributed by atoms with van der Waals surface area (Å²) in [5.74, 6) is 0.681. The Morgan fingerprint density at radius 2 is 1.80 bits per heavy atom. The van der Waals surface area contributed by atoms with Crippen LogP contribution in [-0.4, -0.2) is 31.2 Å². The molecule has 0 radical (unpaired) electrons.